The molecule has 0 radical (unpaired) electrons. The Morgan fingerprint density at radius 2 is 1.09 bits per heavy atom. The molecule has 0 spiro atoms. The molecule has 0 amide bonds. The van der Waals surface area contributed by atoms with Crippen LogP contribution in [0.2, 0.25) is 0 Å². The Labute approximate surface area is 135 Å². The van der Waals surface area contributed by atoms with Gasteiger partial charge in [-0.05, 0) is 36.4 Å². The molecule has 0 bridgehead atoms. The first-order chi connectivity index (χ1) is 11.3. The maximum atomic E-state index is 9.95. The molecule has 0 unspecified atom stereocenters. The molecular formula is C18H15BO4. The predicted octanol–water partition coefficient (Wildman–Crippen LogP) is 3.91. The van der Waals surface area contributed by atoms with Crippen LogP contribution in [0.25, 0.3) is 0 Å². The summed E-state index contributed by atoms with van der Waals surface area (Å²) in [5, 5.41) is 9.95. The van der Waals surface area contributed by atoms with Crippen LogP contribution >= 0.6 is 0 Å². The largest absolute Gasteiger partial charge is 0.785 e. The topological polar surface area (TPSA) is 47.9 Å². The number of hydrogen-bond donors (Lipinski definition) is 1. The molecule has 1 N–H and O–H groups in total. The third kappa shape index (κ3) is 4.28. The van der Waals surface area contributed by atoms with Crippen molar-refractivity contribution < 1.29 is 19.1 Å². The van der Waals surface area contributed by atoms with Crippen molar-refractivity contribution in [3.05, 3.63) is 84.9 Å². The summed E-state index contributed by atoms with van der Waals surface area (Å²) in [6, 6.07) is 25.4. The van der Waals surface area contributed by atoms with Crippen molar-refractivity contribution in [3.8, 4) is 23.0 Å². The molecule has 114 valence electrons. The van der Waals surface area contributed by atoms with Crippen molar-refractivity contribution in [2.75, 3.05) is 0 Å². The molecule has 0 heterocycles. The number of rotatable bonds is 6. The second kappa shape index (κ2) is 7.38. The zero-order valence-electron chi connectivity index (χ0n) is 12.3. The Bertz CT molecular complexity index is 734. The smallest absolute Gasteiger partial charge is 0.501 e. The van der Waals surface area contributed by atoms with Gasteiger partial charge in [0.25, 0.3) is 0 Å². The standard InChI is InChI=1S/C18H15BO4/c20-19(22-16-11-5-2-6-12-16)23-18-14-8-7-13-17(18)21-15-9-3-1-4-10-15/h1-14,20H. The van der Waals surface area contributed by atoms with Gasteiger partial charge >= 0.3 is 7.32 Å². The van der Waals surface area contributed by atoms with E-state index in [1.807, 2.05) is 54.6 Å². The molecule has 3 aromatic carbocycles. The SMILES string of the molecule is OB(Oc1ccccc1)Oc1ccccc1Oc1ccccc1. The molecule has 3 aromatic rings. The fraction of sp³-hybridized carbons (Fsp3) is 0. The maximum Gasteiger partial charge on any atom is 0.785 e. The zero-order valence-corrected chi connectivity index (χ0v) is 12.3. The average molecular weight is 306 g/mol. The van der Waals surface area contributed by atoms with Crippen molar-refractivity contribution >= 4 is 7.32 Å². The maximum absolute atomic E-state index is 9.95. The Kier molecular flexibility index (Phi) is 4.81. The molecule has 0 aliphatic carbocycles. The van der Waals surface area contributed by atoms with Crippen molar-refractivity contribution in [2.24, 2.45) is 0 Å². The highest BCUT2D eigenvalue weighted by Gasteiger charge is 2.23. The van der Waals surface area contributed by atoms with Crippen molar-refractivity contribution in [1.29, 1.82) is 0 Å². The summed E-state index contributed by atoms with van der Waals surface area (Å²) in [5.74, 6) is 2.08. The van der Waals surface area contributed by atoms with Gasteiger partial charge in [0.2, 0.25) is 0 Å². The van der Waals surface area contributed by atoms with E-state index in [2.05, 4.69) is 0 Å². The summed E-state index contributed by atoms with van der Waals surface area (Å²) >= 11 is 0. The third-order valence-electron chi connectivity index (χ3n) is 3.03. The second-order valence-corrected chi connectivity index (χ2v) is 4.72. The van der Waals surface area contributed by atoms with Gasteiger partial charge in [-0.15, -0.1) is 0 Å². The summed E-state index contributed by atoms with van der Waals surface area (Å²) in [7, 11) is -1.43. The second-order valence-electron chi connectivity index (χ2n) is 4.72. The van der Waals surface area contributed by atoms with E-state index < -0.39 is 7.32 Å². The van der Waals surface area contributed by atoms with Gasteiger partial charge in [-0.1, -0.05) is 48.5 Å². The summed E-state index contributed by atoms with van der Waals surface area (Å²) in [5.41, 5.74) is 0. The number of hydrogen-bond acceptors (Lipinski definition) is 4. The highest BCUT2D eigenvalue weighted by molar-refractivity contribution is 6.36. The molecular weight excluding hydrogens is 291 g/mol. The lowest BCUT2D eigenvalue weighted by Crippen LogP contribution is -2.29. The molecule has 0 aromatic heterocycles. The van der Waals surface area contributed by atoms with Crippen LogP contribution < -0.4 is 14.0 Å². The normalized spacial score (nSPS) is 9.96. The Morgan fingerprint density at radius 1 is 0.565 bits per heavy atom. The molecule has 0 aliphatic heterocycles. The van der Waals surface area contributed by atoms with Gasteiger partial charge in [-0.25, -0.2) is 0 Å². The van der Waals surface area contributed by atoms with Crippen LogP contribution in [-0.4, -0.2) is 12.3 Å². The molecule has 0 fully saturated rings. The summed E-state index contributed by atoms with van der Waals surface area (Å²) in [6.07, 6.45) is 0. The van der Waals surface area contributed by atoms with Crippen LogP contribution in [0.5, 0.6) is 23.0 Å². The van der Waals surface area contributed by atoms with E-state index in [4.69, 9.17) is 14.0 Å². The van der Waals surface area contributed by atoms with Crippen LogP contribution in [-0.2, 0) is 0 Å². The highest BCUT2D eigenvalue weighted by Crippen LogP contribution is 2.31. The molecule has 0 atom stereocenters. The van der Waals surface area contributed by atoms with Gasteiger partial charge < -0.3 is 19.1 Å². The zero-order chi connectivity index (χ0) is 15.9. The number of ether oxygens (including phenoxy) is 1. The minimum atomic E-state index is -1.43. The molecule has 23 heavy (non-hydrogen) atoms. The molecule has 5 heteroatoms. The monoisotopic (exact) mass is 306 g/mol. The average Bonchev–Trinajstić information content (AvgIpc) is 2.58. The van der Waals surface area contributed by atoms with Gasteiger partial charge in [-0.3, -0.25) is 0 Å². The Morgan fingerprint density at radius 3 is 1.74 bits per heavy atom. The van der Waals surface area contributed by atoms with Crippen LogP contribution in [0, 0.1) is 0 Å². The van der Waals surface area contributed by atoms with E-state index >= 15 is 0 Å². The first-order valence-electron chi connectivity index (χ1n) is 7.19. The summed E-state index contributed by atoms with van der Waals surface area (Å²) in [4.78, 5) is 0. The van der Waals surface area contributed by atoms with Crippen molar-refractivity contribution in [2.45, 2.75) is 0 Å². The van der Waals surface area contributed by atoms with Gasteiger partial charge in [0.05, 0.1) is 0 Å². The number of benzene rings is 3. The van der Waals surface area contributed by atoms with Gasteiger partial charge in [-0.2, -0.15) is 0 Å². The summed E-state index contributed by atoms with van der Waals surface area (Å²) < 4.78 is 16.5. The first-order valence-corrected chi connectivity index (χ1v) is 7.19. The Hall–Kier alpha value is -2.92. The van der Waals surface area contributed by atoms with Crippen LogP contribution in [0.1, 0.15) is 0 Å². The molecule has 3 rings (SSSR count). The third-order valence-corrected chi connectivity index (χ3v) is 3.03. The molecule has 0 aliphatic rings. The lowest BCUT2D eigenvalue weighted by atomic mass is 10.2. The molecule has 4 nitrogen and oxygen atoms in total. The number of para-hydroxylation sites is 4. The van der Waals surface area contributed by atoms with Crippen LogP contribution in [0.15, 0.2) is 84.9 Å². The minimum Gasteiger partial charge on any atom is -0.501 e. The van der Waals surface area contributed by atoms with Crippen molar-refractivity contribution in [3.63, 3.8) is 0 Å². The van der Waals surface area contributed by atoms with E-state index in [0.717, 1.165) is 0 Å². The van der Waals surface area contributed by atoms with E-state index in [-0.39, 0.29) is 0 Å². The van der Waals surface area contributed by atoms with Gasteiger partial charge in [0, 0.05) is 0 Å². The highest BCUT2D eigenvalue weighted by atomic mass is 16.7. The lowest BCUT2D eigenvalue weighted by molar-refractivity contribution is 0.291. The Balaban J connectivity index is 1.70. The first kappa shape index (κ1) is 15.0. The summed E-state index contributed by atoms with van der Waals surface area (Å²) in [6.45, 7) is 0. The van der Waals surface area contributed by atoms with Crippen LogP contribution in [0.3, 0.4) is 0 Å². The molecule has 0 saturated heterocycles. The van der Waals surface area contributed by atoms with E-state index in [1.54, 1.807) is 30.3 Å². The quantitative estimate of drug-likeness (QED) is 0.701. The van der Waals surface area contributed by atoms with Crippen molar-refractivity contribution in [1.82, 2.24) is 0 Å². The predicted molar refractivity (Wildman–Crippen MR) is 88.6 cm³/mol. The van der Waals surface area contributed by atoms with Gasteiger partial charge in [0.15, 0.2) is 5.75 Å². The fourth-order valence-corrected chi connectivity index (χ4v) is 2.00. The van der Waals surface area contributed by atoms with Gasteiger partial charge in [0.1, 0.15) is 17.2 Å². The van der Waals surface area contributed by atoms with E-state index in [9.17, 15) is 5.02 Å². The molecule has 0 saturated carbocycles. The minimum absolute atomic E-state index is 0.389. The fourth-order valence-electron chi connectivity index (χ4n) is 2.00. The van der Waals surface area contributed by atoms with E-state index in [1.165, 1.54) is 0 Å². The lowest BCUT2D eigenvalue weighted by Gasteiger charge is -2.14. The van der Waals surface area contributed by atoms with Crippen LogP contribution in [0.4, 0.5) is 0 Å². The van der Waals surface area contributed by atoms with E-state index in [0.29, 0.717) is 23.0 Å².